The van der Waals surface area contributed by atoms with Crippen LogP contribution in [0.5, 0.6) is 5.75 Å². The second-order valence-corrected chi connectivity index (χ2v) is 4.16. The zero-order chi connectivity index (χ0) is 14.4. The molecule has 1 heterocycles. The number of nitrogens with one attached hydrogen (secondary N) is 1. The van der Waals surface area contributed by atoms with Crippen molar-refractivity contribution in [2.75, 3.05) is 6.61 Å². The Bertz CT molecular complexity index is 724. The quantitative estimate of drug-likeness (QED) is 0.864. The Labute approximate surface area is 117 Å². The smallest absolute Gasteiger partial charge is 0.264 e. The first-order valence-electron chi connectivity index (χ1n) is 6.10. The van der Waals surface area contributed by atoms with E-state index in [0.717, 1.165) is 11.1 Å². The van der Waals surface area contributed by atoms with Gasteiger partial charge in [0.15, 0.2) is 0 Å². The van der Waals surface area contributed by atoms with Crippen molar-refractivity contribution in [1.29, 1.82) is 0 Å². The molecule has 0 aliphatic heterocycles. The Morgan fingerprint density at radius 1 is 1.40 bits per heavy atom. The summed E-state index contributed by atoms with van der Waals surface area (Å²) in [4.78, 5) is 11.1. The number of hydrogen-bond donors (Lipinski definition) is 1. The molecule has 1 aromatic heterocycles. The van der Waals surface area contributed by atoms with E-state index in [1.807, 2.05) is 43.3 Å². The van der Waals surface area contributed by atoms with E-state index in [1.54, 1.807) is 0 Å². The molecule has 1 aromatic carbocycles. The summed E-state index contributed by atoms with van der Waals surface area (Å²) in [6.07, 6.45) is 8.89. The van der Waals surface area contributed by atoms with Gasteiger partial charge in [0.1, 0.15) is 12.4 Å². The molecular weight excluding hydrogens is 252 g/mol. The molecule has 0 aliphatic carbocycles. The van der Waals surface area contributed by atoms with Crippen LogP contribution in [-0.2, 0) is 0 Å². The van der Waals surface area contributed by atoms with Crippen LogP contribution in [0.1, 0.15) is 16.8 Å². The molecule has 0 spiro atoms. The Kier molecular flexibility index (Phi) is 4.35. The highest BCUT2D eigenvalue weighted by molar-refractivity contribution is 5.72. The highest BCUT2D eigenvalue weighted by atomic mass is 16.5. The van der Waals surface area contributed by atoms with Crippen molar-refractivity contribution in [1.82, 2.24) is 10.2 Å². The minimum Gasteiger partial charge on any atom is -0.480 e. The number of ether oxygens (including phenoxy) is 1. The van der Waals surface area contributed by atoms with Crippen molar-refractivity contribution in [2.24, 2.45) is 0 Å². The van der Waals surface area contributed by atoms with E-state index in [1.165, 1.54) is 6.07 Å². The molecule has 0 amide bonds. The third-order valence-corrected chi connectivity index (χ3v) is 2.69. The van der Waals surface area contributed by atoms with Crippen LogP contribution in [0.3, 0.4) is 0 Å². The molecule has 0 aliphatic rings. The number of aromatic nitrogens is 2. The van der Waals surface area contributed by atoms with Gasteiger partial charge >= 0.3 is 0 Å². The number of para-hydroxylation sites is 1. The Balaban J connectivity index is 2.27. The summed E-state index contributed by atoms with van der Waals surface area (Å²) in [6, 6.07) is 9.07. The van der Waals surface area contributed by atoms with Crippen LogP contribution in [0.25, 0.3) is 12.2 Å². The van der Waals surface area contributed by atoms with Gasteiger partial charge in [0, 0.05) is 11.6 Å². The van der Waals surface area contributed by atoms with Crippen LogP contribution >= 0.6 is 0 Å². The third kappa shape index (κ3) is 3.36. The van der Waals surface area contributed by atoms with Gasteiger partial charge in [0.2, 0.25) is 0 Å². The lowest BCUT2D eigenvalue weighted by molar-refractivity contribution is 0.369. The summed E-state index contributed by atoms with van der Waals surface area (Å²) in [7, 11) is 0. The number of aromatic amines is 1. The fourth-order valence-corrected chi connectivity index (χ4v) is 1.71. The van der Waals surface area contributed by atoms with E-state index >= 15 is 0 Å². The number of rotatable bonds is 4. The monoisotopic (exact) mass is 266 g/mol. The first-order chi connectivity index (χ1) is 9.70. The summed E-state index contributed by atoms with van der Waals surface area (Å²) in [5.41, 5.74) is 2.20. The van der Waals surface area contributed by atoms with Crippen LogP contribution < -0.4 is 10.3 Å². The molecule has 0 atom stereocenters. The lowest BCUT2D eigenvalue weighted by Crippen LogP contribution is -2.08. The standard InChI is InChI=1S/C16H14N2O2/c1-3-10-20-15-7-5-4-6-13(15)8-9-14-12(2)11-16(19)18-17-14/h1,4-9,11H,10H2,2H3,(H,18,19)/b9-8+. The topological polar surface area (TPSA) is 55.0 Å². The van der Waals surface area contributed by atoms with Gasteiger partial charge in [-0.15, -0.1) is 6.42 Å². The van der Waals surface area contributed by atoms with Gasteiger partial charge in [-0.1, -0.05) is 24.1 Å². The summed E-state index contributed by atoms with van der Waals surface area (Å²) >= 11 is 0. The van der Waals surface area contributed by atoms with Crippen molar-refractivity contribution >= 4 is 12.2 Å². The van der Waals surface area contributed by atoms with E-state index in [4.69, 9.17) is 11.2 Å². The van der Waals surface area contributed by atoms with Crippen LogP contribution in [0.2, 0.25) is 0 Å². The number of nitrogens with zero attached hydrogens (tertiary/aromatic N) is 1. The van der Waals surface area contributed by atoms with Crippen molar-refractivity contribution in [3.05, 3.63) is 57.5 Å². The lowest BCUT2D eigenvalue weighted by Gasteiger charge is -2.05. The summed E-state index contributed by atoms with van der Waals surface area (Å²) in [6.45, 7) is 2.06. The number of aryl methyl sites for hydroxylation is 1. The fraction of sp³-hybridized carbons (Fsp3) is 0.125. The molecule has 2 aromatic rings. The van der Waals surface area contributed by atoms with E-state index in [9.17, 15) is 4.79 Å². The average molecular weight is 266 g/mol. The summed E-state index contributed by atoms with van der Waals surface area (Å²) < 4.78 is 5.46. The van der Waals surface area contributed by atoms with Crippen LogP contribution in [0.15, 0.2) is 35.1 Å². The SMILES string of the molecule is C#CCOc1ccccc1/C=C/c1n[nH]c(=O)cc1C. The first kappa shape index (κ1) is 13.6. The molecule has 0 saturated heterocycles. The Hall–Kier alpha value is -2.80. The largest absolute Gasteiger partial charge is 0.480 e. The predicted molar refractivity (Wildman–Crippen MR) is 79.3 cm³/mol. The second kappa shape index (κ2) is 6.39. The van der Waals surface area contributed by atoms with E-state index in [2.05, 4.69) is 16.1 Å². The number of H-pyrrole nitrogens is 1. The molecule has 0 saturated carbocycles. The molecule has 20 heavy (non-hydrogen) atoms. The third-order valence-electron chi connectivity index (χ3n) is 2.69. The molecule has 0 bridgehead atoms. The lowest BCUT2D eigenvalue weighted by atomic mass is 10.1. The van der Waals surface area contributed by atoms with Crippen molar-refractivity contribution in [3.8, 4) is 18.1 Å². The van der Waals surface area contributed by atoms with Gasteiger partial charge in [0.05, 0.1) is 5.69 Å². The number of hydrogen-bond acceptors (Lipinski definition) is 3. The number of benzene rings is 1. The zero-order valence-corrected chi connectivity index (χ0v) is 11.1. The van der Waals surface area contributed by atoms with Gasteiger partial charge in [-0.3, -0.25) is 4.79 Å². The highest BCUT2D eigenvalue weighted by Gasteiger charge is 2.00. The number of terminal acetylenes is 1. The van der Waals surface area contributed by atoms with Gasteiger partial charge < -0.3 is 4.74 Å². The predicted octanol–water partition coefficient (Wildman–Crippen LogP) is 2.26. The van der Waals surface area contributed by atoms with Crippen LogP contribution in [0, 0.1) is 19.3 Å². The van der Waals surface area contributed by atoms with Crippen molar-refractivity contribution < 1.29 is 4.74 Å². The van der Waals surface area contributed by atoms with Gasteiger partial charge in [-0.2, -0.15) is 5.10 Å². The minimum absolute atomic E-state index is 0.211. The molecule has 100 valence electrons. The molecule has 1 N–H and O–H groups in total. The fourth-order valence-electron chi connectivity index (χ4n) is 1.71. The summed E-state index contributed by atoms with van der Waals surface area (Å²) in [5, 5.41) is 6.40. The van der Waals surface area contributed by atoms with Crippen LogP contribution in [0.4, 0.5) is 0 Å². The molecule has 0 fully saturated rings. The average Bonchev–Trinajstić information content (AvgIpc) is 2.45. The second-order valence-electron chi connectivity index (χ2n) is 4.16. The molecule has 0 unspecified atom stereocenters. The Morgan fingerprint density at radius 3 is 2.95 bits per heavy atom. The molecule has 4 heteroatoms. The van der Waals surface area contributed by atoms with Crippen molar-refractivity contribution in [3.63, 3.8) is 0 Å². The highest BCUT2D eigenvalue weighted by Crippen LogP contribution is 2.20. The van der Waals surface area contributed by atoms with E-state index < -0.39 is 0 Å². The normalized spacial score (nSPS) is 10.4. The molecule has 2 rings (SSSR count). The maximum absolute atomic E-state index is 11.1. The zero-order valence-electron chi connectivity index (χ0n) is 11.1. The van der Waals surface area contributed by atoms with Crippen molar-refractivity contribution in [2.45, 2.75) is 6.92 Å². The molecule has 4 nitrogen and oxygen atoms in total. The van der Waals surface area contributed by atoms with Gasteiger partial charge in [-0.25, -0.2) is 5.10 Å². The first-order valence-corrected chi connectivity index (χ1v) is 6.10. The van der Waals surface area contributed by atoms with Gasteiger partial charge in [-0.05, 0) is 30.7 Å². The molecule has 0 radical (unpaired) electrons. The molecular formula is C16H14N2O2. The van der Waals surface area contributed by atoms with E-state index in [0.29, 0.717) is 11.4 Å². The Morgan fingerprint density at radius 2 is 2.20 bits per heavy atom. The maximum Gasteiger partial charge on any atom is 0.264 e. The minimum atomic E-state index is -0.211. The van der Waals surface area contributed by atoms with Crippen LogP contribution in [-0.4, -0.2) is 16.8 Å². The summed E-state index contributed by atoms with van der Waals surface area (Å²) in [5.74, 6) is 3.15. The van der Waals surface area contributed by atoms with Gasteiger partial charge in [0.25, 0.3) is 5.56 Å². The maximum atomic E-state index is 11.1. The van der Waals surface area contributed by atoms with E-state index in [-0.39, 0.29) is 12.2 Å².